The molecule has 0 N–H and O–H groups in total. The summed E-state index contributed by atoms with van der Waals surface area (Å²) in [6.07, 6.45) is -3.40. The number of alkyl halides is 3. The predicted molar refractivity (Wildman–Crippen MR) is 57.7 cm³/mol. The number of rotatable bonds is 8. The van der Waals surface area contributed by atoms with Crippen LogP contribution in [0.15, 0.2) is 6.20 Å². The largest absolute Gasteiger partial charge is 0.456 e. The summed E-state index contributed by atoms with van der Waals surface area (Å²) in [5.41, 5.74) is -0.701. The van der Waals surface area contributed by atoms with E-state index in [1.807, 2.05) is 0 Å². The zero-order valence-electron chi connectivity index (χ0n) is 10.3. The Morgan fingerprint density at radius 2 is 2.11 bits per heavy atom. The molecule has 0 aliphatic carbocycles. The van der Waals surface area contributed by atoms with Crippen LogP contribution in [-0.4, -0.2) is 53.9 Å². The van der Waals surface area contributed by atoms with E-state index in [1.54, 1.807) is 7.11 Å². The maximum absolute atomic E-state index is 12.1. The SMILES string of the molecule is COCCOCCCn1cc(C(=O)C(F)(F)F)nn1. The Labute approximate surface area is 107 Å². The Balaban J connectivity index is 2.33. The molecule has 0 unspecified atom stereocenters. The molecule has 1 aromatic rings. The van der Waals surface area contributed by atoms with Crippen molar-refractivity contribution in [3.63, 3.8) is 0 Å². The van der Waals surface area contributed by atoms with E-state index >= 15 is 0 Å². The number of carbonyl (C=O) groups excluding carboxylic acids is 1. The number of hydrogen-bond donors (Lipinski definition) is 0. The number of methoxy groups -OCH3 is 1. The number of carbonyl (C=O) groups is 1. The number of ketones is 1. The molecule has 0 atom stereocenters. The fraction of sp³-hybridized carbons (Fsp3) is 0.700. The quantitative estimate of drug-likeness (QED) is 0.527. The number of aryl methyl sites for hydroxylation is 1. The van der Waals surface area contributed by atoms with Gasteiger partial charge in [0.25, 0.3) is 5.78 Å². The normalized spacial score (nSPS) is 11.8. The van der Waals surface area contributed by atoms with Crippen LogP contribution in [0.2, 0.25) is 0 Å². The van der Waals surface area contributed by atoms with E-state index in [9.17, 15) is 18.0 Å². The monoisotopic (exact) mass is 281 g/mol. The highest BCUT2D eigenvalue weighted by molar-refractivity contribution is 5.98. The lowest BCUT2D eigenvalue weighted by Gasteiger charge is -2.03. The van der Waals surface area contributed by atoms with Crippen molar-refractivity contribution >= 4 is 5.78 Å². The molecule has 6 nitrogen and oxygen atoms in total. The van der Waals surface area contributed by atoms with Crippen molar-refractivity contribution in [2.75, 3.05) is 26.9 Å². The van der Waals surface area contributed by atoms with Gasteiger partial charge in [0.15, 0.2) is 5.69 Å². The van der Waals surface area contributed by atoms with Crippen molar-refractivity contribution in [3.05, 3.63) is 11.9 Å². The van der Waals surface area contributed by atoms with E-state index in [-0.39, 0.29) is 0 Å². The highest BCUT2D eigenvalue weighted by Crippen LogP contribution is 2.19. The standard InChI is InChI=1S/C10H14F3N3O3/c1-18-5-6-19-4-2-3-16-7-8(14-15-16)9(17)10(11,12)13/h7H,2-6H2,1H3. The molecule has 0 aliphatic rings. The minimum atomic E-state index is -4.93. The molecule has 108 valence electrons. The van der Waals surface area contributed by atoms with E-state index in [1.165, 1.54) is 4.68 Å². The van der Waals surface area contributed by atoms with Crippen molar-refractivity contribution in [2.45, 2.75) is 19.1 Å². The number of halogens is 3. The second-order valence-corrected chi connectivity index (χ2v) is 3.65. The van der Waals surface area contributed by atoms with Crippen molar-refractivity contribution in [1.29, 1.82) is 0 Å². The summed E-state index contributed by atoms with van der Waals surface area (Å²) in [5.74, 6) is -1.99. The van der Waals surface area contributed by atoms with Crippen molar-refractivity contribution in [3.8, 4) is 0 Å². The first-order chi connectivity index (χ1) is 8.95. The number of aromatic nitrogens is 3. The third-order valence-electron chi connectivity index (χ3n) is 2.14. The lowest BCUT2D eigenvalue weighted by Crippen LogP contribution is -2.23. The first-order valence-corrected chi connectivity index (χ1v) is 5.53. The average Bonchev–Trinajstić information content (AvgIpc) is 2.80. The van der Waals surface area contributed by atoms with E-state index < -0.39 is 17.7 Å². The highest BCUT2D eigenvalue weighted by atomic mass is 19.4. The summed E-state index contributed by atoms with van der Waals surface area (Å²) in [6.45, 7) is 1.68. The first kappa shape index (κ1) is 15.6. The summed E-state index contributed by atoms with van der Waals surface area (Å²) >= 11 is 0. The van der Waals surface area contributed by atoms with Crippen LogP contribution < -0.4 is 0 Å². The Bertz CT molecular complexity index is 406. The summed E-state index contributed by atoms with van der Waals surface area (Å²) in [6, 6.07) is 0. The van der Waals surface area contributed by atoms with Gasteiger partial charge in [-0.05, 0) is 6.42 Å². The van der Waals surface area contributed by atoms with Crippen LogP contribution in [-0.2, 0) is 16.0 Å². The molecule has 19 heavy (non-hydrogen) atoms. The van der Waals surface area contributed by atoms with Crippen molar-refractivity contribution < 1.29 is 27.4 Å². The Hall–Kier alpha value is -1.48. The molecular weight excluding hydrogens is 267 g/mol. The fourth-order valence-electron chi connectivity index (χ4n) is 1.23. The molecule has 0 amide bonds. The van der Waals surface area contributed by atoms with Gasteiger partial charge in [0, 0.05) is 20.3 Å². The van der Waals surface area contributed by atoms with E-state index in [2.05, 4.69) is 10.3 Å². The highest BCUT2D eigenvalue weighted by Gasteiger charge is 2.41. The minimum absolute atomic E-state index is 0.325. The molecule has 0 saturated carbocycles. The number of nitrogens with zero attached hydrogens (tertiary/aromatic N) is 3. The fourth-order valence-corrected chi connectivity index (χ4v) is 1.23. The second kappa shape index (κ2) is 7.19. The first-order valence-electron chi connectivity index (χ1n) is 5.53. The van der Waals surface area contributed by atoms with Crippen molar-refractivity contribution in [1.82, 2.24) is 15.0 Å². The van der Waals surface area contributed by atoms with Crippen LogP contribution in [0.25, 0.3) is 0 Å². The van der Waals surface area contributed by atoms with Crippen LogP contribution in [0, 0.1) is 0 Å². The molecular formula is C10H14F3N3O3. The van der Waals surface area contributed by atoms with Crippen LogP contribution >= 0.6 is 0 Å². The third-order valence-corrected chi connectivity index (χ3v) is 2.14. The number of hydrogen-bond acceptors (Lipinski definition) is 5. The van der Waals surface area contributed by atoms with Crippen LogP contribution in [0.3, 0.4) is 0 Å². The van der Waals surface area contributed by atoms with Gasteiger partial charge in [0.2, 0.25) is 0 Å². The van der Waals surface area contributed by atoms with E-state index in [4.69, 9.17) is 9.47 Å². The summed E-state index contributed by atoms with van der Waals surface area (Å²) in [4.78, 5) is 10.8. The molecule has 0 radical (unpaired) electrons. The molecule has 9 heteroatoms. The molecule has 0 bridgehead atoms. The van der Waals surface area contributed by atoms with Gasteiger partial charge >= 0.3 is 6.18 Å². The van der Waals surface area contributed by atoms with Gasteiger partial charge in [0.1, 0.15) is 0 Å². The third kappa shape index (κ3) is 5.35. The molecule has 0 aliphatic heterocycles. The number of ether oxygens (including phenoxy) is 2. The van der Waals surface area contributed by atoms with E-state index in [0.717, 1.165) is 6.20 Å². The molecule has 1 rings (SSSR count). The molecule has 0 fully saturated rings. The van der Waals surface area contributed by atoms with Gasteiger partial charge in [-0.2, -0.15) is 13.2 Å². The molecule has 0 saturated heterocycles. The van der Waals surface area contributed by atoms with Gasteiger partial charge < -0.3 is 9.47 Å². The Kier molecular flexibility index (Phi) is 5.90. The maximum atomic E-state index is 12.1. The van der Waals surface area contributed by atoms with Gasteiger partial charge in [-0.25, -0.2) is 0 Å². The summed E-state index contributed by atoms with van der Waals surface area (Å²) in [7, 11) is 1.55. The number of Topliss-reactive ketones (excluding diaryl/α,β-unsaturated/α-hetero) is 1. The zero-order chi connectivity index (χ0) is 14.3. The Morgan fingerprint density at radius 1 is 1.37 bits per heavy atom. The van der Waals surface area contributed by atoms with Gasteiger partial charge in [-0.1, -0.05) is 5.21 Å². The van der Waals surface area contributed by atoms with Gasteiger partial charge in [-0.15, -0.1) is 5.10 Å². The van der Waals surface area contributed by atoms with Gasteiger partial charge in [-0.3, -0.25) is 9.48 Å². The second-order valence-electron chi connectivity index (χ2n) is 3.65. The maximum Gasteiger partial charge on any atom is 0.456 e. The van der Waals surface area contributed by atoms with Crippen LogP contribution in [0.1, 0.15) is 16.9 Å². The van der Waals surface area contributed by atoms with Crippen molar-refractivity contribution in [2.24, 2.45) is 0 Å². The van der Waals surface area contributed by atoms with Crippen LogP contribution in [0.5, 0.6) is 0 Å². The van der Waals surface area contributed by atoms with E-state index in [0.29, 0.717) is 32.8 Å². The minimum Gasteiger partial charge on any atom is -0.382 e. The summed E-state index contributed by atoms with van der Waals surface area (Å²) < 4.78 is 47.5. The lowest BCUT2D eigenvalue weighted by molar-refractivity contribution is -0.0888. The molecule has 1 heterocycles. The zero-order valence-corrected chi connectivity index (χ0v) is 10.3. The average molecular weight is 281 g/mol. The molecule has 1 aromatic heterocycles. The predicted octanol–water partition coefficient (Wildman–Crippen LogP) is 1.08. The summed E-state index contributed by atoms with van der Waals surface area (Å²) in [5, 5.41) is 6.64. The topological polar surface area (TPSA) is 66.2 Å². The van der Waals surface area contributed by atoms with Gasteiger partial charge in [0.05, 0.1) is 19.4 Å². The molecule has 0 spiro atoms. The smallest absolute Gasteiger partial charge is 0.382 e. The van der Waals surface area contributed by atoms with Crippen LogP contribution in [0.4, 0.5) is 13.2 Å². The molecule has 0 aromatic carbocycles. The Morgan fingerprint density at radius 3 is 2.74 bits per heavy atom. The lowest BCUT2D eigenvalue weighted by atomic mass is 10.3.